The highest BCUT2D eigenvalue weighted by Gasteiger charge is 2.31. The minimum atomic E-state index is -0.643. The Hall–Kier alpha value is -2.28. The van der Waals surface area contributed by atoms with Crippen molar-refractivity contribution >= 4 is 5.91 Å². The van der Waals surface area contributed by atoms with E-state index in [-0.39, 0.29) is 23.8 Å². The summed E-state index contributed by atoms with van der Waals surface area (Å²) in [6.07, 6.45) is 0.883. The van der Waals surface area contributed by atoms with Gasteiger partial charge >= 0.3 is 0 Å². The van der Waals surface area contributed by atoms with Crippen LogP contribution in [-0.2, 0) is 4.79 Å². The van der Waals surface area contributed by atoms with Gasteiger partial charge < -0.3 is 4.90 Å². The molecule has 1 aliphatic rings. The summed E-state index contributed by atoms with van der Waals surface area (Å²) in [6.45, 7) is 0.550. The number of hydrogen-bond acceptors (Lipinski definition) is 4. The van der Waals surface area contributed by atoms with Crippen molar-refractivity contribution in [3.8, 4) is 0 Å². The third kappa shape index (κ3) is 4.53. The van der Waals surface area contributed by atoms with Gasteiger partial charge in [0.15, 0.2) is 0 Å². The predicted octanol–water partition coefficient (Wildman–Crippen LogP) is 2.49. The van der Waals surface area contributed by atoms with E-state index in [1.807, 2.05) is 18.2 Å². The average molecular weight is 370 g/mol. The second-order valence-corrected chi connectivity index (χ2v) is 7.29. The van der Waals surface area contributed by atoms with E-state index in [0.717, 1.165) is 6.42 Å². The van der Waals surface area contributed by atoms with Gasteiger partial charge in [-0.2, -0.15) is 0 Å². The van der Waals surface area contributed by atoms with Crippen LogP contribution >= 0.6 is 0 Å². The zero-order valence-corrected chi connectivity index (χ0v) is 16.0. The lowest BCUT2D eigenvalue weighted by Gasteiger charge is -2.30. The van der Waals surface area contributed by atoms with E-state index in [2.05, 4.69) is 23.0 Å². The van der Waals surface area contributed by atoms with Crippen molar-refractivity contribution in [1.29, 1.82) is 0 Å². The van der Waals surface area contributed by atoms with Gasteiger partial charge in [0.1, 0.15) is 11.9 Å². The molecule has 0 spiro atoms. The predicted molar refractivity (Wildman–Crippen MR) is 104 cm³/mol. The molecule has 0 saturated carbocycles. The van der Waals surface area contributed by atoms with Crippen molar-refractivity contribution < 1.29 is 9.18 Å². The van der Waals surface area contributed by atoms with Crippen molar-refractivity contribution in [3.05, 3.63) is 71.5 Å². The second kappa shape index (κ2) is 8.61. The molecule has 1 saturated heterocycles. The molecule has 0 aliphatic carbocycles. The Labute approximate surface area is 160 Å². The number of carbonyl (C=O) groups excluding carboxylic acids is 1. The Morgan fingerprint density at radius 1 is 1.07 bits per heavy atom. The number of carbonyl (C=O) groups is 1. The Kier molecular flexibility index (Phi) is 6.21. The van der Waals surface area contributed by atoms with Gasteiger partial charge in [0, 0.05) is 31.2 Å². The van der Waals surface area contributed by atoms with Crippen LogP contribution in [0.5, 0.6) is 0 Å². The molecule has 3 unspecified atom stereocenters. The van der Waals surface area contributed by atoms with Gasteiger partial charge in [-0.3, -0.25) is 15.1 Å². The zero-order valence-electron chi connectivity index (χ0n) is 16.0. The van der Waals surface area contributed by atoms with Gasteiger partial charge in [-0.25, -0.2) is 9.82 Å². The van der Waals surface area contributed by atoms with E-state index in [1.54, 1.807) is 49.1 Å². The van der Waals surface area contributed by atoms with Gasteiger partial charge in [-0.15, -0.1) is 0 Å². The molecular weight excluding hydrogens is 343 g/mol. The Morgan fingerprint density at radius 2 is 1.74 bits per heavy atom. The lowest BCUT2D eigenvalue weighted by Crippen LogP contribution is -2.45. The molecule has 1 amide bonds. The van der Waals surface area contributed by atoms with Crippen LogP contribution in [0.3, 0.4) is 0 Å². The maximum Gasteiger partial charge on any atom is 0.244 e. The SMILES string of the molecule is CN(CC1CC(c2ccccc2)NN1)C(=O)C(c1ccccc1F)N(C)C. The monoisotopic (exact) mass is 370 g/mol. The number of nitrogens with zero attached hydrogens (tertiary/aromatic N) is 2. The van der Waals surface area contributed by atoms with Crippen molar-refractivity contribution in [2.45, 2.75) is 24.5 Å². The number of hydrogen-bond donors (Lipinski definition) is 2. The van der Waals surface area contributed by atoms with E-state index >= 15 is 0 Å². The minimum Gasteiger partial charge on any atom is -0.342 e. The summed E-state index contributed by atoms with van der Waals surface area (Å²) in [5.41, 5.74) is 8.20. The average Bonchev–Trinajstić information content (AvgIpc) is 3.12. The van der Waals surface area contributed by atoms with E-state index in [1.165, 1.54) is 11.6 Å². The minimum absolute atomic E-state index is 0.116. The third-order valence-corrected chi connectivity index (χ3v) is 5.00. The highest BCUT2D eigenvalue weighted by Crippen LogP contribution is 2.25. The smallest absolute Gasteiger partial charge is 0.244 e. The molecule has 27 heavy (non-hydrogen) atoms. The van der Waals surface area contributed by atoms with E-state index in [0.29, 0.717) is 12.1 Å². The molecule has 5 nitrogen and oxygen atoms in total. The Balaban J connectivity index is 1.65. The highest BCUT2D eigenvalue weighted by molar-refractivity contribution is 5.83. The standard InChI is InChI=1S/C21H27FN4O/c1-25(2)20(17-11-7-8-12-18(17)22)21(27)26(3)14-16-13-19(24-23-16)15-9-5-4-6-10-15/h4-12,16,19-20,23-24H,13-14H2,1-3H3. The molecule has 6 heteroatoms. The van der Waals surface area contributed by atoms with Crippen LogP contribution in [0.2, 0.25) is 0 Å². The number of benzene rings is 2. The maximum absolute atomic E-state index is 14.2. The molecule has 2 aromatic rings. The van der Waals surface area contributed by atoms with Gasteiger partial charge in [0.2, 0.25) is 5.91 Å². The van der Waals surface area contributed by atoms with Crippen molar-refractivity contribution in [3.63, 3.8) is 0 Å². The van der Waals surface area contributed by atoms with Gasteiger partial charge in [0.05, 0.1) is 0 Å². The molecule has 144 valence electrons. The summed E-state index contributed by atoms with van der Waals surface area (Å²) in [5.74, 6) is -0.474. The summed E-state index contributed by atoms with van der Waals surface area (Å²) in [6, 6.07) is 16.4. The first kappa shape index (κ1) is 19.5. The molecule has 3 atom stereocenters. The van der Waals surface area contributed by atoms with Crippen LogP contribution in [0.1, 0.15) is 29.6 Å². The van der Waals surface area contributed by atoms with E-state index in [4.69, 9.17) is 0 Å². The number of likely N-dealkylation sites (N-methyl/N-ethyl adjacent to an activating group) is 2. The second-order valence-electron chi connectivity index (χ2n) is 7.29. The largest absolute Gasteiger partial charge is 0.342 e. The number of rotatable bonds is 6. The first-order valence-electron chi connectivity index (χ1n) is 9.19. The van der Waals surface area contributed by atoms with Crippen LogP contribution in [0, 0.1) is 5.82 Å². The topological polar surface area (TPSA) is 47.6 Å². The van der Waals surface area contributed by atoms with Crippen LogP contribution < -0.4 is 10.9 Å². The zero-order chi connectivity index (χ0) is 19.4. The quantitative estimate of drug-likeness (QED) is 0.820. The number of amides is 1. The lowest BCUT2D eigenvalue weighted by molar-refractivity contribution is -0.135. The molecule has 2 N–H and O–H groups in total. The number of halogens is 1. The molecule has 1 fully saturated rings. The summed E-state index contributed by atoms with van der Waals surface area (Å²) in [4.78, 5) is 16.5. The van der Waals surface area contributed by atoms with Gasteiger partial charge in [0.25, 0.3) is 0 Å². The molecule has 3 rings (SSSR count). The molecule has 1 heterocycles. The normalized spacial score (nSPS) is 20.6. The molecule has 2 aromatic carbocycles. The van der Waals surface area contributed by atoms with Crippen LogP contribution in [0.25, 0.3) is 0 Å². The van der Waals surface area contributed by atoms with Crippen LogP contribution in [0.4, 0.5) is 4.39 Å². The Bertz CT molecular complexity index is 768. The number of hydrazine groups is 1. The fourth-order valence-corrected chi connectivity index (χ4v) is 3.60. The van der Waals surface area contributed by atoms with Crippen molar-refractivity contribution in [2.75, 3.05) is 27.7 Å². The summed E-state index contributed by atoms with van der Waals surface area (Å²) in [7, 11) is 5.37. The maximum atomic E-state index is 14.2. The first-order valence-corrected chi connectivity index (χ1v) is 9.19. The third-order valence-electron chi connectivity index (χ3n) is 5.00. The molecular formula is C21H27FN4O. The fraction of sp³-hybridized carbons (Fsp3) is 0.381. The van der Waals surface area contributed by atoms with E-state index in [9.17, 15) is 9.18 Å². The van der Waals surface area contributed by atoms with Crippen LogP contribution in [-0.4, -0.2) is 49.4 Å². The summed E-state index contributed by atoms with van der Waals surface area (Å²) >= 11 is 0. The molecule has 0 radical (unpaired) electrons. The highest BCUT2D eigenvalue weighted by atomic mass is 19.1. The summed E-state index contributed by atoms with van der Waals surface area (Å²) in [5, 5.41) is 0. The molecule has 0 bridgehead atoms. The van der Waals surface area contributed by atoms with Crippen LogP contribution in [0.15, 0.2) is 54.6 Å². The van der Waals surface area contributed by atoms with Gasteiger partial charge in [-0.1, -0.05) is 48.5 Å². The summed E-state index contributed by atoms with van der Waals surface area (Å²) < 4.78 is 14.2. The van der Waals surface area contributed by atoms with Crippen molar-refractivity contribution in [2.24, 2.45) is 0 Å². The van der Waals surface area contributed by atoms with Gasteiger partial charge in [-0.05, 0) is 32.1 Å². The van der Waals surface area contributed by atoms with Crippen molar-refractivity contribution in [1.82, 2.24) is 20.7 Å². The lowest BCUT2D eigenvalue weighted by atomic mass is 10.0. The van der Waals surface area contributed by atoms with E-state index < -0.39 is 6.04 Å². The fourth-order valence-electron chi connectivity index (χ4n) is 3.60. The molecule has 0 aromatic heterocycles. The molecule has 1 aliphatic heterocycles. The Morgan fingerprint density at radius 3 is 2.41 bits per heavy atom. The number of nitrogens with one attached hydrogen (secondary N) is 2. The first-order chi connectivity index (χ1) is 13.0.